The fourth-order valence-corrected chi connectivity index (χ4v) is 2.92. The van der Waals surface area contributed by atoms with E-state index in [1.165, 1.54) is 0 Å². The van der Waals surface area contributed by atoms with Crippen molar-refractivity contribution in [2.75, 3.05) is 0 Å². The predicted octanol–water partition coefficient (Wildman–Crippen LogP) is 4.15. The van der Waals surface area contributed by atoms with Gasteiger partial charge in [0.05, 0.1) is 11.4 Å². The fourth-order valence-electron chi connectivity index (χ4n) is 2.92. The van der Waals surface area contributed by atoms with Crippen LogP contribution in [0.1, 0.15) is 22.8 Å². The Morgan fingerprint density at radius 1 is 0.750 bits per heavy atom. The van der Waals surface area contributed by atoms with Crippen molar-refractivity contribution in [2.45, 2.75) is 27.7 Å². The molecule has 0 atom stereocenters. The molecule has 0 unspecified atom stereocenters. The molecule has 0 saturated carbocycles. The summed E-state index contributed by atoms with van der Waals surface area (Å²) in [6.45, 7) is 7.75. The zero-order valence-corrected chi connectivity index (χ0v) is 16.2. The number of benzene rings is 2. The van der Waals surface area contributed by atoms with Crippen LogP contribution in [0.5, 0.6) is 11.8 Å². The molecule has 0 fully saturated rings. The summed E-state index contributed by atoms with van der Waals surface area (Å²) in [7, 11) is 0. The van der Waals surface area contributed by atoms with Crippen LogP contribution in [0.2, 0.25) is 0 Å². The zero-order chi connectivity index (χ0) is 19.7. The molecule has 0 aliphatic heterocycles. The molecule has 28 heavy (non-hydrogen) atoms. The summed E-state index contributed by atoms with van der Waals surface area (Å²) in [4.78, 5) is 4.30. The highest BCUT2D eigenvalue weighted by molar-refractivity contribution is 5.62. The summed E-state index contributed by atoms with van der Waals surface area (Å²) in [5.74, 6) is 2.26. The van der Waals surface area contributed by atoms with Gasteiger partial charge in [-0.25, -0.2) is 0 Å². The number of nitrogens with zero attached hydrogens (tertiary/aromatic N) is 6. The van der Waals surface area contributed by atoms with E-state index in [2.05, 4.69) is 44.4 Å². The largest absolute Gasteiger partial charge is 0.423 e. The Hall–Kier alpha value is -3.61. The van der Waals surface area contributed by atoms with E-state index in [4.69, 9.17) is 4.74 Å². The average Bonchev–Trinajstić information content (AvgIpc) is 3.07. The Labute approximate surface area is 163 Å². The van der Waals surface area contributed by atoms with Crippen molar-refractivity contribution in [3.8, 4) is 28.8 Å². The van der Waals surface area contributed by atoms with Gasteiger partial charge in [0.2, 0.25) is 0 Å². The molecule has 0 bridgehead atoms. The van der Waals surface area contributed by atoms with Gasteiger partial charge in [0.25, 0.3) is 0 Å². The van der Waals surface area contributed by atoms with E-state index < -0.39 is 0 Å². The SMILES string of the molecule is Cc1ccccc1-c1nnc(C)n1-c1ccc(Oc2nnc(C)c(C)n2)cc1. The smallest absolute Gasteiger partial charge is 0.341 e. The minimum Gasteiger partial charge on any atom is -0.423 e. The third-order valence-corrected chi connectivity index (χ3v) is 4.59. The summed E-state index contributed by atoms with van der Waals surface area (Å²) < 4.78 is 7.75. The Morgan fingerprint density at radius 3 is 2.21 bits per heavy atom. The number of aryl methyl sites for hydroxylation is 4. The van der Waals surface area contributed by atoms with Crippen LogP contribution < -0.4 is 4.74 Å². The second-order valence-electron chi connectivity index (χ2n) is 6.58. The van der Waals surface area contributed by atoms with Crippen molar-refractivity contribution < 1.29 is 4.74 Å². The minimum atomic E-state index is 0.233. The van der Waals surface area contributed by atoms with Crippen molar-refractivity contribution in [1.82, 2.24) is 29.9 Å². The van der Waals surface area contributed by atoms with Gasteiger partial charge in [0, 0.05) is 11.3 Å². The van der Waals surface area contributed by atoms with Gasteiger partial charge in [-0.1, -0.05) is 29.4 Å². The van der Waals surface area contributed by atoms with Gasteiger partial charge in [-0.3, -0.25) is 4.57 Å². The van der Waals surface area contributed by atoms with E-state index in [-0.39, 0.29) is 6.01 Å². The lowest BCUT2D eigenvalue weighted by Gasteiger charge is -2.11. The molecule has 7 nitrogen and oxygen atoms in total. The van der Waals surface area contributed by atoms with E-state index in [9.17, 15) is 0 Å². The van der Waals surface area contributed by atoms with Crippen molar-refractivity contribution >= 4 is 0 Å². The Bertz CT molecular complexity index is 1130. The molecule has 0 aliphatic carbocycles. The fraction of sp³-hybridized carbons (Fsp3) is 0.190. The molecular formula is C21H20N6O. The van der Waals surface area contributed by atoms with E-state index in [1.807, 2.05) is 61.7 Å². The van der Waals surface area contributed by atoms with Crippen molar-refractivity contribution in [3.05, 3.63) is 71.3 Å². The van der Waals surface area contributed by atoms with Gasteiger partial charge in [-0.15, -0.1) is 15.3 Å². The van der Waals surface area contributed by atoms with Crippen molar-refractivity contribution in [3.63, 3.8) is 0 Å². The molecule has 0 amide bonds. The van der Waals surface area contributed by atoms with Crippen LogP contribution in [0.3, 0.4) is 0 Å². The molecule has 140 valence electrons. The quantitative estimate of drug-likeness (QED) is 0.536. The lowest BCUT2D eigenvalue weighted by molar-refractivity contribution is 0.430. The second kappa shape index (κ2) is 7.19. The topological polar surface area (TPSA) is 78.6 Å². The highest BCUT2D eigenvalue weighted by Gasteiger charge is 2.14. The van der Waals surface area contributed by atoms with Crippen molar-refractivity contribution in [1.29, 1.82) is 0 Å². The number of aromatic nitrogens is 6. The normalized spacial score (nSPS) is 10.9. The highest BCUT2D eigenvalue weighted by Crippen LogP contribution is 2.27. The summed E-state index contributed by atoms with van der Waals surface area (Å²) in [5, 5.41) is 16.7. The summed E-state index contributed by atoms with van der Waals surface area (Å²) in [6, 6.07) is 16.0. The maximum Gasteiger partial charge on any atom is 0.341 e. The van der Waals surface area contributed by atoms with E-state index >= 15 is 0 Å². The maximum atomic E-state index is 5.73. The molecule has 0 spiro atoms. The minimum absolute atomic E-state index is 0.233. The Morgan fingerprint density at radius 2 is 1.50 bits per heavy atom. The van der Waals surface area contributed by atoms with Gasteiger partial charge < -0.3 is 4.74 Å². The molecule has 2 aromatic carbocycles. The van der Waals surface area contributed by atoms with Gasteiger partial charge in [-0.2, -0.15) is 4.98 Å². The molecule has 0 radical (unpaired) electrons. The van der Waals surface area contributed by atoms with Crippen LogP contribution in [0, 0.1) is 27.7 Å². The van der Waals surface area contributed by atoms with Crippen LogP contribution in [0.25, 0.3) is 17.1 Å². The number of rotatable bonds is 4. The van der Waals surface area contributed by atoms with E-state index in [0.29, 0.717) is 5.75 Å². The van der Waals surface area contributed by atoms with Gasteiger partial charge >= 0.3 is 6.01 Å². The first-order valence-corrected chi connectivity index (χ1v) is 8.97. The average molecular weight is 372 g/mol. The Kier molecular flexibility index (Phi) is 4.57. The lowest BCUT2D eigenvalue weighted by atomic mass is 10.1. The van der Waals surface area contributed by atoms with Crippen molar-refractivity contribution in [2.24, 2.45) is 0 Å². The maximum absolute atomic E-state index is 5.73. The standard InChI is InChI=1S/C21H20N6O/c1-13-7-5-6-8-19(13)20-25-24-16(4)27(20)17-9-11-18(12-10-17)28-21-22-14(2)15(3)23-26-21/h5-12H,1-4H3. The van der Waals surface area contributed by atoms with E-state index in [0.717, 1.165) is 39.9 Å². The molecular weight excluding hydrogens is 352 g/mol. The summed E-state index contributed by atoms with van der Waals surface area (Å²) in [6.07, 6.45) is 0. The zero-order valence-electron chi connectivity index (χ0n) is 16.2. The summed E-state index contributed by atoms with van der Waals surface area (Å²) >= 11 is 0. The number of hydrogen-bond donors (Lipinski definition) is 0. The first kappa shape index (κ1) is 17.8. The molecule has 0 N–H and O–H groups in total. The lowest BCUT2D eigenvalue weighted by Crippen LogP contribution is -2.02. The summed E-state index contributed by atoms with van der Waals surface area (Å²) in [5.41, 5.74) is 4.74. The molecule has 4 aromatic rings. The Balaban J connectivity index is 1.66. The van der Waals surface area contributed by atoms with Gasteiger partial charge in [0.15, 0.2) is 5.82 Å². The van der Waals surface area contributed by atoms with Crippen LogP contribution in [-0.4, -0.2) is 29.9 Å². The molecule has 7 heteroatoms. The molecule has 0 saturated heterocycles. The number of hydrogen-bond acceptors (Lipinski definition) is 6. The number of ether oxygens (including phenoxy) is 1. The van der Waals surface area contributed by atoms with Gasteiger partial charge in [0.1, 0.15) is 11.6 Å². The van der Waals surface area contributed by atoms with Crippen LogP contribution in [0.15, 0.2) is 48.5 Å². The molecule has 2 aromatic heterocycles. The molecule has 0 aliphatic rings. The van der Waals surface area contributed by atoms with Crippen LogP contribution in [0.4, 0.5) is 0 Å². The molecule has 4 rings (SSSR count). The molecule has 2 heterocycles. The third kappa shape index (κ3) is 3.34. The highest BCUT2D eigenvalue weighted by atomic mass is 16.5. The monoisotopic (exact) mass is 372 g/mol. The van der Waals surface area contributed by atoms with Crippen LogP contribution >= 0.6 is 0 Å². The van der Waals surface area contributed by atoms with Crippen LogP contribution in [-0.2, 0) is 0 Å². The second-order valence-corrected chi connectivity index (χ2v) is 6.58. The first-order chi connectivity index (χ1) is 13.5. The third-order valence-electron chi connectivity index (χ3n) is 4.59. The van der Waals surface area contributed by atoms with E-state index in [1.54, 1.807) is 0 Å². The first-order valence-electron chi connectivity index (χ1n) is 8.97. The predicted molar refractivity (Wildman–Crippen MR) is 106 cm³/mol. The van der Waals surface area contributed by atoms with Gasteiger partial charge in [-0.05, 0) is 57.5 Å².